The zero-order valence-electron chi connectivity index (χ0n) is 7.95. The molecule has 1 heterocycles. The number of halogens is 3. The minimum Gasteiger partial charge on any atom is -0.299 e. The quantitative estimate of drug-likeness (QED) is 0.751. The van der Waals surface area contributed by atoms with E-state index in [0.29, 0.717) is 0 Å². The molecule has 1 aromatic rings. The number of aryl methyl sites for hydroxylation is 1. The first-order chi connectivity index (χ1) is 6.87. The molecule has 0 unspecified atom stereocenters. The third kappa shape index (κ3) is 4.52. The van der Waals surface area contributed by atoms with Gasteiger partial charge in [0.2, 0.25) is 0 Å². The second-order valence-electron chi connectivity index (χ2n) is 3.03. The van der Waals surface area contributed by atoms with E-state index in [1.165, 1.54) is 7.05 Å². The molecule has 0 spiro atoms. The first-order valence-corrected chi connectivity index (χ1v) is 4.18. The van der Waals surface area contributed by atoms with Gasteiger partial charge in [0.1, 0.15) is 5.78 Å². The van der Waals surface area contributed by atoms with Gasteiger partial charge >= 0.3 is 6.18 Å². The summed E-state index contributed by atoms with van der Waals surface area (Å²) in [5.41, 5.74) is 0. The fraction of sp³-hybridized carbons (Fsp3) is 0.714. The van der Waals surface area contributed by atoms with Crippen LogP contribution in [0.3, 0.4) is 0 Å². The minimum atomic E-state index is -4.30. The number of carbonyl (C=O) groups excluding carboxylic acids is 1. The summed E-state index contributed by atoms with van der Waals surface area (Å²) in [6.45, 7) is 0. The summed E-state index contributed by atoms with van der Waals surface area (Å²) in [4.78, 5) is 12.2. The first-order valence-electron chi connectivity index (χ1n) is 4.18. The Hall–Kier alpha value is -1.47. The van der Waals surface area contributed by atoms with Crippen molar-refractivity contribution in [3.8, 4) is 0 Å². The average Bonchev–Trinajstić information content (AvgIpc) is 2.47. The standard InChI is InChI=1S/C7H9F3N4O/c1-14-12-6(11-13-14)4-5(15)2-3-7(8,9)10/h2-4H2,1H3. The van der Waals surface area contributed by atoms with Crippen molar-refractivity contribution in [3.05, 3.63) is 5.82 Å². The summed E-state index contributed by atoms with van der Waals surface area (Å²) >= 11 is 0. The molecule has 0 aliphatic heterocycles. The zero-order valence-corrected chi connectivity index (χ0v) is 7.95. The molecule has 0 saturated heterocycles. The van der Waals surface area contributed by atoms with Crippen LogP contribution in [0.4, 0.5) is 13.2 Å². The summed E-state index contributed by atoms with van der Waals surface area (Å²) in [7, 11) is 1.51. The van der Waals surface area contributed by atoms with Crippen molar-refractivity contribution in [2.24, 2.45) is 7.05 Å². The lowest BCUT2D eigenvalue weighted by Gasteiger charge is -2.03. The Morgan fingerprint density at radius 1 is 1.47 bits per heavy atom. The molecule has 0 bridgehead atoms. The van der Waals surface area contributed by atoms with Crippen LogP contribution in [0.25, 0.3) is 0 Å². The van der Waals surface area contributed by atoms with Gasteiger partial charge in [-0.1, -0.05) is 0 Å². The summed E-state index contributed by atoms with van der Waals surface area (Å²) in [6, 6.07) is 0. The van der Waals surface area contributed by atoms with Crippen molar-refractivity contribution in [1.82, 2.24) is 20.2 Å². The molecular formula is C7H9F3N4O. The number of rotatable bonds is 4. The van der Waals surface area contributed by atoms with Gasteiger partial charge in [-0.2, -0.15) is 18.0 Å². The predicted molar refractivity (Wildman–Crippen MR) is 42.8 cm³/mol. The highest BCUT2D eigenvalue weighted by atomic mass is 19.4. The maximum atomic E-state index is 11.8. The first kappa shape index (κ1) is 11.6. The van der Waals surface area contributed by atoms with Crippen molar-refractivity contribution in [1.29, 1.82) is 0 Å². The van der Waals surface area contributed by atoms with Crippen LogP contribution in [-0.4, -0.2) is 32.2 Å². The molecule has 5 nitrogen and oxygen atoms in total. The Bertz CT molecular complexity index is 346. The molecule has 1 rings (SSSR count). The van der Waals surface area contributed by atoms with Crippen LogP contribution >= 0.6 is 0 Å². The molecule has 0 aromatic carbocycles. The summed E-state index contributed by atoms with van der Waals surface area (Å²) < 4.78 is 35.3. The highest BCUT2D eigenvalue weighted by molar-refractivity contribution is 5.80. The van der Waals surface area contributed by atoms with Crippen LogP contribution in [0.1, 0.15) is 18.7 Å². The van der Waals surface area contributed by atoms with Gasteiger partial charge in [-0.25, -0.2) is 0 Å². The highest BCUT2D eigenvalue weighted by Gasteiger charge is 2.28. The molecule has 15 heavy (non-hydrogen) atoms. The predicted octanol–water partition coefficient (Wildman–Crippen LogP) is 0.664. The third-order valence-electron chi connectivity index (χ3n) is 1.59. The molecule has 0 aliphatic carbocycles. The van der Waals surface area contributed by atoms with Crippen molar-refractivity contribution >= 4 is 5.78 Å². The summed E-state index contributed by atoms with van der Waals surface area (Å²) in [6.07, 6.45) is -6.15. The number of aromatic nitrogens is 4. The van der Waals surface area contributed by atoms with Crippen LogP contribution in [0.5, 0.6) is 0 Å². The fourth-order valence-electron chi connectivity index (χ4n) is 0.940. The van der Waals surface area contributed by atoms with Crippen molar-refractivity contribution < 1.29 is 18.0 Å². The molecule has 0 saturated carbocycles. The molecule has 0 radical (unpaired) electrons. The van der Waals surface area contributed by atoms with Gasteiger partial charge in [0.25, 0.3) is 0 Å². The normalized spacial score (nSPS) is 11.7. The SMILES string of the molecule is Cn1nnc(CC(=O)CCC(F)(F)F)n1. The molecule has 0 amide bonds. The van der Waals surface area contributed by atoms with Gasteiger partial charge in [-0.15, -0.1) is 10.2 Å². The molecule has 84 valence electrons. The van der Waals surface area contributed by atoms with E-state index in [0.717, 1.165) is 4.80 Å². The van der Waals surface area contributed by atoms with Gasteiger partial charge in [0.15, 0.2) is 5.82 Å². The molecule has 0 aliphatic rings. The number of hydrogen-bond donors (Lipinski definition) is 0. The fourth-order valence-corrected chi connectivity index (χ4v) is 0.940. The van der Waals surface area contributed by atoms with Crippen LogP contribution in [0.2, 0.25) is 0 Å². The molecule has 0 fully saturated rings. The Morgan fingerprint density at radius 2 is 2.13 bits per heavy atom. The van der Waals surface area contributed by atoms with Gasteiger partial charge < -0.3 is 0 Å². The van der Waals surface area contributed by atoms with Gasteiger partial charge in [0.05, 0.1) is 19.9 Å². The number of hydrogen-bond acceptors (Lipinski definition) is 4. The smallest absolute Gasteiger partial charge is 0.299 e. The van der Waals surface area contributed by atoms with E-state index in [2.05, 4.69) is 15.4 Å². The van der Waals surface area contributed by atoms with E-state index >= 15 is 0 Å². The van der Waals surface area contributed by atoms with Crippen LogP contribution in [0, 0.1) is 0 Å². The summed E-state index contributed by atoms with van der Waals surface area (Å²) in [5.74, 6) is -0.398. The zero-order chi connectivity index (χ0) is 11.5. The van der Waals surface area contributed by atoms with E-state index in [4.69, 9.17) is 0 Å². The molecule has 1 aromatic heterocycles. The number of tetrazole rings is 1. The number of Topliss-reactive ketones (excluding diaryl/α,β-unsaturated/α-hetero) is 1. The number of nitrogens with zero attached hydrogens (tertiary/aromatic N) is 4. The number of alkyl halides is 3. The van der Waals surface area contributed by atoms with E-state index in [-0.39, 0.29) is 12.2 Å². The summed E-state index contributed by atoms with van der Waals surface area (Å²) in [5, 5.41) is 10.6. The second-order valence-corrected chi connectivity index (χ2v) is 3.03. The topological polar surface area (TPSA) is 60.7 Å². The van der Waals surface area contributed by atoms with E-state index < -0.39 is 24.8 Å². The van der Waals surface area contributed by atoms with Crippen molar-refractivity contribution in [2.45, 2.75) is 25.4 Å². The van der Waals surface area contributed by atoms with Crippen molar-refractivity contribution in [3.63, 3.8) is 0 Å². The molecule has 8 heteroatoms. The Balaban J connectivity index is 2.37. The minimum absolute atomic E-state index is 0.143. The monoisotopic (exact) mass is 222 g/mol. The maximum Gasteiger partial charge on any atom is 0.389 e. The van der Waals surface area contributed by atoms with Gasteiger partial charge in [-0.3, -0.25) is 4.79 Å². The van der Waals surface area contributed by atoms with Crippen LogP contribution in [-0.2, 0) is 18.3 Å². The maximum absolute atomic E-state index is 11.8. The van der Waals surface area contributed by atoms with E-state index in [9.17, 15) is 18.0 Å². The molecular weight excluding hydrogens is 213 g/mol. The van der Waals surface area contributed by atoms with Gasteiger partial charge in [-0.05, 0) is 5.21 Å². The lowest BCUT2D eigenvalue weighted by Crippen LogP contribution is -2.12. The Labute approximate surface area is 83.3 Å². The van der Waals surface area contributed by atoms with Gasteiger partial charge in [0, 0.05) is 6.42 Å². The van der Waals surface area contributed by atoms with E-state index in [1.807, 2.05) is 0 Å². The largest absolute Gasteiger partial charge is 0.389 e. The molecule has 0 atom stereocenters. The molecule has 0 N–H and O–H groups in total. The Morgan fingerprint density at radius 3 is 2.60 bits per heavy atom. The lowest BCUT2D eigenvalue weighted by atomic mass is 10.1. The number of ketones is 1. The van der Waals surface area contributed by atoms with E-state index in [1.54, 1.807) is 0 Å². The van der Waals surface area contributed by atoms with Crippen LogP contribution in [0.15, 0.2) is 0 Å². The third-order valence-corrected chi connectivity index (χ3v) is 1.59. The van der Waals surface area contributed by atoms with Crippen LogP contribution < -0.4 is 0 Å². The average molecular weight is 222 g/mol. The second kappa shape index (κ2) is 4.37. The lowest BCUT2D eigenvalue weighted by molar-refractivity contribution is -0.143. The Kier molecular flexibility index (Phi) is 3.38. The number of carbonyl (C=O) groups is 1. The highest BCUT2D eigenvalue weighted by Crippen LogP contribution is 2.21. The van der Waals surface area contributed by atoms with Crippen molar-refractivity contribution in [2.75, 3.05) is 0 Å².